The second-order valence-corrected chi connectivity index (χ2v) is 3.88. The quantitative estimate of drug-likeness (QED) is 0.895. The molecule has 1 aromatic carbocycles. The lowest BCUT2D eigenvalue weighted by Crippen LogP contribution is -2.01. The molecule has 2 aromatic rings. The summed E-state index contributed by atoms with van der Waals surface area (Å²) in [6, 6.07) is 7.30. The topological polar surface area (TPSA) is 66.9 Å². The molecule has 0 atom stereocenters. The smallest absolute Gasteiger partial charge is 0.231 e. The summed E-state index contributed by atoms with van der Waals surface area (Å²) in [6.45, 7) is 1.05. The summed E-state index contributed by atoms with van der Waals surface area (Å²) in [5.74, 6) is 2.89. The fourth-order valence-electron chi connectivity index (χ4n) is 1.79. The van der Waals surface area contributed by atoms with Crippen molar-refractivity contribution in [2.24, 2.45) is 5.73 Å². The van der Waals surface area contributed by atoms with Gasteiger partial charge in [0.15, 0.2) is 11.5 Å². The first kappa shape index (κ1) is 11.0. The van der Waals surface area contributed by atoms with Crippen molar-refractivity contribution < 1.29 is 18.6 Å². The molecule has 18 heavy (non-hydrogen) atoms. The number of nitrogens with two attached hydrogens (primary N) is 1. The highest BCUT2D eigenvalue weighted by Gasteiger charge is 2.14. The molecule has 0 unspecified atom stereocenters. The molecule has 0 spiro atoms. The molecule has 5 heteroatoms. The van der Waals surface area contributed by atoms with Crippen LogP contribution in [0.4, 0.5) is 0 Å². The van der Waals surface area contributed by atoms with Gasteiger partial charge in [0.05, 0.1) is 6.26 Å². The Morgan fingerprint density at radius 3 is 2.94 bits per heavy atom. The molecule has 0 bridgehead atoms. The Bertz CT molecular complexity index is 550. The summed E-state index contributed by atoms with van der Waals surface area (Å²) in [5, 5.41) is 0. The Balaban J connectivity index is 1.70. The highest BCUT2D eigenvalue weighted by molar-refractivity contribution is 5.46. The maximum Gasteiger partial charge on any atom is 0.231 e. The van der Waals surface area contributed by atoms with Gasteiger partial charge in [-0.25, -0.2) is 0 Å². The van der Waals surface area contributed by atoms with Gasteiger partial charge >= 0.3 is 0 Å². The molecule has 0 amide bonds. The van der Waals surface area contributed by atoms with E-state index in [9.17, 15) is 0 Å². The zero-order valence-electron chi connectivity index (χ0n) is 9.72. The number of benzene rings is 1. The van der Waals surface area contributed by atoms with Crippen LogP contribution in [0.1, 0.15) is 11.3 Å². The number of hydrogen-bond donors (Lipinski definition) is 1. The van der Waals surface area contributed by atoms with Crippen molar-refractivity contribution in [3.63, 3.8) is 0 Å². The van der Waals surface area contributed by atoms with E-state index in [0.29, 0.717) is 24.7 Å². The van der Waals surface area contributed by atoms with E-state index in [0.717, 1.165) is 17.1 Å². The fraction of sp³-hybridized carbons (Fsp3) is 0.231. The molecule has 1 aromatic heterocycles. The van der Waals surface area contributed by atoms with Crippen LogP contribution in [0.2, 0.25) is 0 Å². The lowest BCUT2D eigenvalue weighted by molar-refractivity contribution is 0.173. The van der Waals surface area contributed by atoms with Gasteiger partial charge in [-0.1, -0.05) is 0 Å². The van der Waals surface area contributed by atoms with E-state index in [1.807, 2.05) is 18.2 Å². The molecule has 0 saturated carbocycles. The summed E-state index contributed by atoms with van der Waals surface area (Å²) >= 11 is 0. The Kier molecular flexibility index (Phi) is 2.82. The van der Waals surface area contributed by atoms with Gasteiger partial charge in [-0.05, 0) is 18.2 Å². The van der Waals surface area contributed by atoms with E-state index >= 15 is 0 Å². The second-order valence-electron chi connectivity index (χ2n) is 3.88. The van der Waals surface area contributed by atoms with E-state index in [1.165, 1.54) is 0 Å². The number of fused-ring (bicyclic) bond motifs is 1. The third-order valence-corrected chi connectivity index (χ3v) is 2.77. The van der Waals surface area contributed by atoms with Gasteiger partial charge in [-0.15, -0.1) is 0 Å². The minimum Gasteiger partial charge on any atom is -0.486 e. The molecule has 1 aliphatic heterocycles. The lowest BCUT2D eigenvalue weighted by atomic mass is 10.2. The van der Waals surface area contributed by atoms with Gasteiger partial charge in [0.1, 0.15) is 18.1 Å². The van der Waals surface area contributed by atoms with Crippen molar-refractivity contribution >= 4 is 0 Å². The number of hydrogen-bond acceptors (Lipinski definition) is 5. The summed E-state index contributed by atoms with van der Waals surface area (Å²) in [4.78, 5) is 0. The highest BCUT2D eigenvalue weighted by Crippen LogP contribution is 2.35. The molecule has 94 valence electrons. The lowest BCUT2D eigenvalue weighted by Gasteiger charge is -2.06. The number of rotatable bonds is 4. The van der Waals surface area contributed by atoms with Crippen molar-refractivity contribution in [1.82, 2.24) is 0 Å². The molecule has 2 heterocycles. The summed E-state index contributed by atoms with van der Waals surface area (Å²) in [7, 11) is 0. The van der Waals surface area contributed by atoms with E-state index < -0.39 is 0 Å². The first-order valence-electron chi connectivity index (χ1n) is 5.64. The Hall–Kier alpha value is -2.14. The highest BCUT2D eigenvalue weighted by atomic mass is 16.7. The summed E-state index contributed by atoms with van der Waals surface area (Å²) in [5.41, 5.74) is 6.54. The average Bonchev–Trinajstić information content (AvgIpc) is 3.04. The maximum atomic E-state index is 5.63. The van der Waals surface area contributed by atoms with Crippen molar-refractivity contribution in [3.05, 3.63) is 41.9 Å². The first-order chi connectivity index (χ1) is 8.86. The molecule has 1 aliphatic rings. The van der Waals surface area contributed by atoms with Crippen LogP contribution in [0.15, 0.2) is 34.9 Å². The number of furan rings is 1. The minimum atomic E-state index is 0.258. The monoisotopic (exact) mass is 247 g/mol. The van der Waals surface area contributed by atoms with Crippen LogP contribution < -0.4 is 19.9 Å². The summed E-state index contributed by atoms with van der Waals surface area (Å²) in [6.07, 6.45) is 1.61. The van der Waals surface area contributed by atoms with Crippen molar-refractivity contribution in [2.45, 2.75) is 13.2 Å². The minimum absolute atomic E-state index is 0.258. The number of ether oxygens (including phenoxy) is 3. The molecule has 5 nitrogen and oxygen atoms in total. The van der Waals surface area contributed by atoms with Crippen LogP contribution in [0, 0.1) is 0 Å². The Morgan fingerprint density at radius 1 is 1.17 bits per heavy atom. The van der Waals surface area contributed by atoms with Crippen molar-refractivity contribution in [1.29, 1.82) is 0 Å². The van der Waals surface area contributed by atoms with Crippen LogP contribution in [-0.2, 0) is 13.2 Å². The van der Waals surface area contributed by atoms with Crippen molar-refractivity contribution in [3.8, 4) is 17.2 Å². The Labute approximate surface area is 104 Å². The van der Waals surface area contributed by atoms with Gasteiger partial charge in [0, 0.05) is 18.2 Å². The van der Waals surface area contributed by atoms with Gasteiger partial charge in [-0.2, -0.15) is 0 Å². The maximum absolute atomic E-state index is 5.63. The van der Waals surface area contributed by atoms with Crippen LogP contribution in [0.25, 0.3) is 0 Å². The van der Waals surface area contributed by atoms with Gasteiger partial charge in [0.2, 0.25) is 6.79 Å². The van der Waals surface area contributed by atoms with E-state index in [-0.39, 0.29) is 6.79 Å². The molecule has 0 aliphatic carbocycles. The first-order valence-corrected chi connectivity index (χ1v) is 5.64. The van der Waals surface area contributed by atoms with Crippen LogP contribution in [0.5, 0.6) is 17.2 Å². The van der Waals surface area contributed by atoms with Crippen molar-refractivity contribution in [2.75, 3.05) is 6.79 Å². The molecular weight excluding hydrogens is 234 g/mol. The van der Waals surface area contributed by atoms with E-state index in [1.54, 1.807) is 12.3 Å². The van der Waals surface area contributed by atoms with E-state index in [2.05, 4.69) is 0 Å². The van der Waals surface area contributed by atoms with Gasteiger partial charge < -0.3 is 24.4 Å². The SMILES string of the molecule is NCc1ccoc1COc1ccc2c(c1)OCO2. The van der Waals surface area contributed by atoms with Gasteiger partial charge in [0.25, 0.3) is 0 Å². The van der Waals surface area contributed by atoms with Crippen LogP contribution in [0.3, 0.4) is 0 Å². The molecule has 0 saturated heterocycles. The molecule has 2 N–H and O–H groups in total. The standard InChI is InChI=1S/C13H13NO4/c14-6-9-3-4-15-13(9)7-16-10-1-2-11-12(5-10)18-8-17-11/h1-5H,6-8,14H2. The average molecular weight is 247 g/mol. The molecular formula is C13H13NO4. The Morgan fingerprint density at radius 2 is 2.06 bits per heavy atom. The zero-order valence-corrected chi connectivity index (χ0v) is 9.72. The predicted molar refractivity (Wildman–Crippen MR) is 63.5 cm³/mol. The molecule has 3 rings (SSSR count). The largest absolute Gasteiger partial charge is 0.486 e. The fourth-order valence-corrected chi connectivity index (χ4v) is 1.79. The normalized spacial score (nSPS) is 12.7. The summed E-state index contributed by atoms with van der Waals surface area (Å²) < 4.78 is 21.4. The third-order valence-electron chi connectivity index (χ3n) is 2.77. The second kappa shape index (κ2) is 4.62. The third kappa shape index (κ3) is 2.00. The van der Waals surface area contributed by atoms with Gasteiger partial charge in [-0.3, -0.25) is 0 Å². The molecule has 0 radical (unpaired) electrons. The van der Waals surface area contributed by atoms with E-state index in [4.69, 9.17) is 24.4 Å². The van der Waals surface area contributed by atoms with Crippen LogP contribution in [-0.4, -0.2) is 6.79 Å². The zero-order chi connectivity index (χ0) is 12.4. The van der Waals surface area contributed by atoms with Crippen LogP contribution >= 0.6 is 0 Å². The predicted octanol–water partition coefficient (Wildman–Crippen LogP) is 2.05. The molecule has 0 fully saturated rings.